The third kappa shape index (κ3) is 2.06. The SMILES string of the molecule is COc1ccccc1-c1nc2ccccc2cc1C. The first-order valence-electron chi connectivity index (χ1n) is 6.29. The lowest BCUT2D eigenvalue weighted by atomic mass is 10.0. The van der Waals surface area contributed by atoms with Crippen molar-refractivity contribution in [2.24, 2.45) is 0 Å². The van der Waals surface area contributed by atoms with Crippen molar-refractivity contribution in [2.75, 3.05) is 7.11 Å². The topological polar surface area (TPSA) is 22.1 Å². The van der Waals surface area contributed by atoms with E-state index in [0.717, 1.165) is 28.1 Å². The molecule has 2 nitrogen and oxygen atoms in total. The molecule has 94 valence electrons. The molecule has 3 aromatic rings. The fourth-order valence-electron chi connectivity index (χ4n) is 2.33. The van der Waals surface area contributed by atoms with Gasteiger partial charge in [-0.15, -0.1) is 0 Å². The van der Waals surface area contributed by atoms with Gasteiger partial charge in [0.1, 0.15) is 5.75 Å². The fraction of sp³-hybridized carbons (Fsp3) is 0.118. The maximum absolute atomic E-state index is 5.43. The zero-order valence-corrected chi connectivity index (χ0v) is 11.1. The van der Waals surface area contributed by atoms with Gasteiger partial charge < -0.3 is 4.74 Å². The normalized spacial score (nSPS) is 10.6. The van der Waals surface area contributed by atoms with Crippen LogP contribution in [0, 0.1) is 6.92 Å². The monoisotopic (exact) mass is 249 g/mol. The zero-order chi connectivity index (χ0) is 13.2. The number of fused-ring (bicyclic) bond motifs is 1. The Kier molecular flexibility index (Phi) is 2.92. The van der Waals surface area contributed by atoms with E-state index in [0.29, 0.717) is 0 Å². The highest BCUT2D eigenvalue weighted by molar-refractivity contribution is 5.84. The molecular formula is C17H15NO. The third-order valence-electron chi connectivity index (χ3n) is 3.28. The summed E-state index contributed by atoms with van der Waals surface area (Å²) in [6.45, 7) is 2.08. The molecule has 0 aliphatic rings. The van der Waals surface area contributed by atoms with Crippen LogP contribution in [0.25, 0.3) is 22.2 Å². The molecule has 0 aliphatic heterocycles. The molecule has 0 spiro atoms. The largest absolute Gasteiger partial charge is 0.496 e. The molecular weight excluding hydrogens is 234 g/mol. The Bertz CT molecular complexity index is 734. The average molecular weight is 249 g/mol. The predicted octanol–water partition coefficient (Wildman–Crippen LogP) is 4.22. The molecule has 1 aromatic heterocycles. The molecule has 1 heterocycles. The standard InChI is InChI=1S/C17H15NO/c1-12-11-13-7-3-5-9-15(13)18-17(12)14-8-4-6-10-16(14)19-2/h3-11H,1-2H3. The summed E-state index contributed by atoms with van der Waals surface area (Å²) in [6.07, 6.45) is 0. The summed E-state index contributed by atoms with van der Waals surface area (Å²) >= 11 is 0. The molecule has 0 atom stereocenters. The Labute approximate surface area is 112 Å². The summed E-state index contributed by atoms with van der Waals surface area (Å²) in [4.78, 5) is 4.77. The Morgan fingerprint density at radius 1 is 0.947 bits per heavy atom. The van der Waals surface area contributed by atoms with E-state index < -0.39 is 0 Å². The summed E-state index contributed by atoms with van der Waals surface area (Å²) in [5.74, 6) is 0.855. The number of pyridine rings is 1. The average Bonchev–Trinajstić information content (AvgIpc) is 2.46. The van der Waals surface area contributed by atoms with Crippen LogP contribution >= 0.6 is 0 Å². The smallest absolute Gasteiger partial charge is 0.128 e. The molecule has 0 unspecified atom stereocenters. The van der Waals surface area contributed by atoms with E-state index in [1.54, 1.807) is 7.11 Å². The highest BCUT2D eigenvalue weighted by Crippen LogP contribution is 2.31. The minimum atomic E-state index is 0.855. The van der Waals surface area contributed by atoms with Crippen molar-refractivity contribution in [2.45, 2.75) is 6.92 Å². The summed E-state index contributed by atoms with van der Waals surface area (Å²) < 4.78 is 5.43. The molecule has 0 radical (unpaired) electrons. The highest BCUT2D eigenvalue weighted by atomic mass is 16.5. The van der Waals surface area contributed by atoms with Gasteiger partial charge in [0.25, 0.3) is 0 Å². The quantitative estimate of drug-likeness (QED) is 0.678. The van der Waals surface area contributed by atoms with Gasteiger partial charge in [0.15, 0.2) is 0 Å². The summed E-state index contributed by atoms with van der Waals surface area (Å²) in [6, 6.07) is 18.3. The van der Waals surface area contributed by atoms with E-state index in [-0.39, 0.29) is 0 Å². The number of ether oxygens (including phenoxy) is 1. The number of aryl methyl sites for hydroxylation is 1. The van der Waals surface area contributed by atoms with E-state index >= 15 is 0 Å². The van der Waals surface area contributed by atoms with Gasteiger partial charge in [-0.2, -0.15) is 0 Å². The summed E-state index contributed by atoms with van der Waals surface area (Å²) in [7, 11) is 1.69. The second-order valence-corrected chi connectivity index (χ2v) is 4.55. The Morgan fingerprint density at radius 2 is 1.68 bits per heavy atom. The molecule has 0 N–H and O–H groups in total. The van der Waals surface area contributed by atoms with Crippen LogP contribution in [-0.2, 0) is 0 Å². The summed E-state index contributed by atoms with van der Waals surface area (Å²) in [5.41, 5.74) is 4.18. The van der Waals surface area contributed by atoms with Crippen LogP contribution < -0.4 is 4.74 Å². The highest BCUT2D eigenvalue weighted by Gasteiger charge is 2.10. The molecule has 19 heavy (non-hydrogen) atoms. The number of hydrogen-bond donors (Lipinski definition) is 0. The molecule has 2 heteroatoms. The number of nitrogens with zero attached hydrogens (tertiary/aromatic N) is 1. The van der Waals surface area contributed by atoms with Crippen LogP contribution in [-0.4, -0.2) is 12.1 Å². The van der Waals surface area contributed by atoms with Gasteiger partial charge in [-0.3, -0.25) is 0 Å². The molecule has 0 bridgehead atoms. The van der Waals surface area contributed by atoms with E-state index in [4.69, 9.17) is 9.72 Å². The van der Waals surface area contributed by atoms with Crippen molar-refractivity contribution in [3.05, 3.63) is 60.2 Å². The van der Waals surface area contributed by atoms with E-state index in [9.17, 15) is 0 Å². The van der Waals surface area contributed by atoms with Crippen LogP contribution in [0.5, 0.6) is 5.75 Å². The van der Waals surface area contributed by atoms with Gasteiger partial charge in [-0.05, 0) is 36.8 Å². The van der Waals surface area contributed by atoms with Crippen LogP contribution in [0.2, 0.25) is 0 Å². The van der Waals surface area contributed by atoms with E-state index in [1.165, 1.54) is 5.39 Å². The molecule has 0 saturated heterocycles. The number of aromatic nitrogens is 1. The lowest BCUT2D eigenvalue weighted by molar-refractivity contribution is 0.416. The number of para-hydroxylation sites is 2. The van der Waals surface area contributed by atoms with Gasteiger partial charge in [-0.1, -0.05) is 30.3 Å². The Balaban J connectivity index is 2.27. The Morgan fingerprint density at radius 3 is 2.53 bits per heavy atom. The minimum Gasteiger partial charge on any atom is -0.496 e. The van der Waals surface area contributed by atoms with Gasteiger partial charge >= 0.3 is 0 Å². The number of methoxy groups -OCH3 is 1. The molecule has 0 saturated carbocycles. The maximum atomic E-state index is 5.43. The van der Waals surface area contributed by atoms with Gasteiger partial charge in [0.2, 0.25) is 0 Å². The zero-order valence-electron chi connectivity index (χ0n) is 11.1. The molecule has 0 amide bonds. The number of rotatable bonds is 2. The lowest BCUT2D eigenvalue weighted by Gasteiger charge is -2.11. The third-order valence-corrected chi connectivity index (χ3v) is 3.28. The van der Waals surface area contributed by atoms with Crippen LogP contribution in [0.1, 0.15) is 5.56 Å². The minimum absolute atomic E-state index is 0.855. The first-order chi connectivity index (χ1) is 9.29. The van der Waals surface area contributed by atoms with Crippen molar-refractivity contribution in [3.8, 4) is 17.0 Å². The van der Waals surface area contributed by atoms with Crippen molar-refractivity contribution in [3.63, 3.8) is 0 Å². The van der Waals surface area contributed by atoms with Crippen LogP contribution in [0.3, 0.4) is 0 Å². The Hall–Kier alpha value is -2.35. The van der Waals surface area contributed by atoms with Crippen molar-refractivity contribution in [1.29, 1.82) is 0 Å². The van der Waals surface area contributed by atoms with Crippen LogP contribution in [0.15, 0.2) is 54.6 Å². The molecule has 0 fully saturated rings. The van der Waals surface area contributed by atoms with Crippen molar-refractivity contribution < 1.29 is 4.74 Å². The molecule has 3 rings (SSSR count). The summed E-state index contributed by atoms with van der Waals surface area (Å²) in [5, 5.41) is 1.17. The second kappa shape index (κ2) is 4.73. The number of benzene rings is 2. The first-order valence-corrected chi connectivity index (χ1v) is 6.29. The first kappa shape index (κ1) is 11.7. The van der Waals surface area contributed by atoms with Gasteiger partial charge in [0, 0.05) is 10.9 Å². The fourth-order valence-corrected chi connectivity index (χ4v) is 2.33. The molecule has 2 aromatic carbocycles. The van der Waals surface area contributed by atoms with E-state index in [2.05, 4.69) is 19.1 Å². The van der Waals surface area contributed by atoms with Gasteiger partial charge in [-0.25, -0.2) is 4.98 Å². The maximum Gasteiger partial charge on any atom is 0.128 e. The predicted molar refractivity (Wildman–Crippen MR) is 78.5 cm³/mol. The second-order valence-electron chi connectivity index (χ2n) is 4.55. The van der Waals surface area contributed by atoms with Crippen molar-refractivity contribution in [1.82, 2.24) is 4.98 Å². The number of hydrogen-bond acceptors (Lipinski definition) is 2. The van der Waals surface area contributed by atoms with Crippen LogP contribution in [0.4, 0.5) is 0 Å². The van der Waals surface area contributed by atoms with Gasteiger partial charge in [0.05, 0.1) is 18.3 Å². The molecule has 0 aliphatic carbocycles. The van der Waals surface area contributed by atoms with E-state index in [1.807, 2.05) is 42.5 Å². The lowest BCUT2D eigenvalue weighted by Crippen LogP contribution is -1.93. The van der Waals surface area contributed by atoms with Crippen molar-refractivity contribution >= 4 is 10.9 Å².